The fraction of sp³-hybridized carbons (Fsp3) is 0.389. The van der Waals surface area contributed by atoms with E-state index >= 15 is 0 Å². The number of pyridine rings is 1. The Bertz CT molecular complexity index is 1120. The Morgan fingerprint density at radius 2 is 2.06 bits per heavy atom. The van der Waals surface area contributed by atoms with Crippen LogP contribution < -0.4 is 5.32 Å². The molecule has 1 amide bonds. The number of carbonyl (C=O) groups excluding carboxylic acids is 1. The molecular weight excluding hydrogens is 425 g/mol. The van der Waals surface area contributed by atoms with Crippen molar-refractivity contribution in [1.82, 2.24) is 29.6 Å². The SMILES string of the molecule is BC1(B)COCCN(C(=O)c2cc3c(cn2)c(Nc2cnccn2)nn3CC(F)(F)F)C1. The van der Waals surface area contributed by atoms with Gasteiger partial charge in [-0.25, -0.2) is 4.98 Å². The first-order valence-electron chi connectivity index (χ1n) is 9.95. The Balaban J connectivity index is 1.71. The molecule has 32 heavy (non-hydrogen) atoms. The molecule has 3 aromatic heterocycles. The van der Waals surface area contributed by atoms with Crippen LogP contribution in [-0.2, 0) is 11.3 Å². The minimum atomic E-state index is -4.50. The average molecular weight is 445 g/mol. The standard InChI is InChI=1S/C18H20B2F3N7O2/c19-17(20)8-29(3-4-32-10-17)16(31)12-5-13-11(6-26-12)15(27-14-7-24-1-2-25-14)28-30(13)9-18(21,22)23/h1-2,5-7H,3-4,8-10,19-20H2,(H,25,27,28). The topological polar surface area (TPSA) is 98.1 Å². The lowest BCUT2D eigenvalue weighted by molar-refractivity contribution is -0.141. The number of anilines is 2. The normalized spacial score (nSPS) is 16.7. The molecule has 166 valence electrons. The van der Waals surface area contributed by atoms with Crippen LogP contribution in [0.25, 0.3) is 10.9 Å². The monoisotopic (exact) mass is 445 g/mol. The molecule has 0 aliphatic carbocycles. The largest absolute Gasteiger partial charge is 0.408 e. The van der Waals surface area contributed by atoms with Crippen molar-refractivity contribution in [2.24, 2.45) is 0 Å². The van der Waals surface area contributed by atoms with E-state index in [1.165, 1.54) is 30.9 Å². The van der Waals surface area contributed by atoms with Crippen molar-refractivity contribution in [3.05, 3.63) is 36.5 Å². The minimum Gasteiger partial charge on any atom is -0.380 e. The lowest BCUT2D eigenvalue weighted by Crippen LogP contribution is -2.39. The summed E-state index contributed by atoms with van der Waals surface area (Å²) in [7, 11) is 3.97. The van der Waals surface area contributed by atoms with Gasteiger partial charge in [-0.05, 0) is 11.3 Å². The summed E-state index contributed by atoms with van der Waals surface area (Å²) in [5, 5.41) is 6.99. The third-order valence-electron chi connectivity index (χ3n) is 4.90. The molecule has 0 saturated carbocycles. The van der Waals surface area contributed by atoms with E-state index in [0.717, 1.165) is 4.68 Å². The van der Waals surface area contributed by atoms with Gasteiger partial charge in [-0.15, -0.1) is 0 Å². The van der Waals surface area contributed by atoms with Gasteiger partial charge in [0.25, 0.3) is 5.91 Å². The van der Waals surface area contributed by atoms with Crippen LogP contribution in [0.5, 0.6) is 0 Å². The first-order chi connectivity index (χ1) is 15.1. The molecule has 4 rings (SSSR count). The van der Waals surface area contributed by atoms with Gasteiger partial charge >= 0.3 is 6.18 Å². The van der Waals surface area contributed by atoms with Crippen molar-refractivity contribution < 1.29 is 22.7 Å². The molecule has 1 saturated heterocycles. The van der Waals surface area contributed by atoms with E-state index in [1.807, 2.05) is 15.7 Å². The molecule has 9 nitrogen and oxygen atoms in total. The highest BCUT2D eigenvalue weighted by molar-refractivity contribution is 6.40. The molecule has 0 spiro atoms. The first-order valence-corrected chi connectivity index (χ1v) is 9.95. The van der Waals surface area contributed by atoms with Crippen LogP contribution in [0.3, 0.4) is 0 Å². The fourth-order valence-electron chi connectivity index (χ4n) is 3.55. The smallest absolute Gasteiger partial charge is 0.380 e. The summed E-state index contributed by atoms with van der Waals surface area (Å²) in [4.78, 5) is 26.9. The number of fused-ring (bicyclic) bond motifs is 1. The van der Waals surface area contributed by atoms with Crippen LogP contribution in [0, 0.1) is 0 Å². The number of hydrogen-bond donors (Lipinski definition) is 1. The summed E-state index contributed by atoms with van der Waals surface area (Å²) < 4.78 is 45.9. The molecule has 4 heterocycles. The second-order valence-electron chi connectivity index (χ2n) is 8.37. The van der Waals surface area contributed by atoms with Crippen LogP contribution in [0.2, 0.25) is 5.21 Å². The maximum Gasteiger partial charge on any atom is 0.408 e. The molecular formula is C18H20B2F3N7O2. The van der Waals surface area contributed by atoms with Gasteiger partial charge in [0.15, 0.2) is 5.82 Å². The zero-order valence-electron chi connectivity index (χ0n) is 17.6. The second kappa shape index (κ2) is 8.41. The van der Waals surface area contributed by atoms with Crippen LogP contribution in [0.15, 0.2) is 30.9 Å². The zero-order valence-corrected chi connectivity index (χ0v) is 17.6. The summed E-state index contributed by atoms with van der Waals surface area (Å²) >= 11 is 0. The Morgan fingerprint density at radius 3 is 2.78 bits per heavy atom. The molecule has 0 radical (unpaired) electrons. The average Bonchev–Trinajstić information content (AvgIpc) is 2.92. The van der Waals surface area contributed by atoms with E-state index in [0.29, 0.717) is 37.5 Å². The van der Waals surface area contributed by atoms with Crippen LogP contribution in [0.4, 0.5) is 24.8 Å². The van der Waals surface area contributed by atoms with Gasteiger partial charge in [-0.1, -0.05) is 0 Å². The van der Waals surface area contributed by atoms with Gasteiger partial charge < -0.3 is 15.0 Å². The highest BCUT2D eigenvalue weighted by atomic mass is 19.4. The number of rotatable bonds is 4. The maximum absolute atomic E-state index is 13.2. The number of carbonyl (C=O) groups is 1. The van der Waals surface area contributed by atoms with Crippen LogP contribution in [0.1, 0.15) is 10.5 Å². The summed E-state index contributed by atoms with van der Waals surface area (Å²) in [6.07, 6.45) is 1.19. The van der Waals surface area contributed by atoms with Crippen molar-refractivity contribution in [2.75, 3.05) is 31.6 Å². The highest BCUT2D eigenvalue weighted by Gasteiger charge is 2.32. The van der Waals surface area contributed by atoms with Crippen LogP contribution >= 0.6 is 0 Å². The predicted octanol–water partition coefficient (Wildman–Crippen LogP) is 0.382. The summed E-state index contributed by atoms with van der Waals surface area (Å²) in [6.45, 7) is 0.415. The quantitative estimate of drug-likeness (QED) is 0.581. The van der Waals surface area contributed by atoms with E-state index in [4.69, 9.17) is 4.74 Å². The van der Waals surface area contributed by atoms with Gasteiger partial charge in [-0.3, -0.25) is 19.4 Å². The molecule has 0 bridgehead atoms. The van der Waals surface area contributed by atoms with Crippen LogP contribution in [-0.4, -0.2) is 83.7 Å². The Labute approximate surface area is 183 Å². The van der Waals surface area contributed by atoms with E-state index in [-0.39, 0.29) is 28.1 Å². The number of amides is 1. The molecule has 0 unspecified atom stereocenters. The third-order valence-corrected chi connectivity index (χ3v) is 4.90. The Kier molecular flexibility index (Phi) is 5.80. The fourth-order valence-corrected chi connectivity index (χ4v) is 3.55. The number of ether oxygens (including phenoxy) is 1. The molecule has 1 N–H and O–H groups in total. The number of halogens is 3. The number of alkyl halides is 3. The molecule has 1 fully saturated rings. The van der Waals surface area contributed by atoms with Crippen molar-refractivity contribution >= 4 is 44.1 Å². The molecule has 0 atom stereocenters. The van der Waals surface area contributed by atoms with Gasteiger partial charge in [-0.2, -0.15) is 18.3 Å². The van der Waals surface area contributed by atoms with E-state index < -0.39 is 12.7 Å². The van der Waals surface area contributed by atoms with E-state index in [1.54, 1.807) is 4.90 Å². The number of aromatic nitrogens is 5. The van der Waals surface area contributed by atoms with E-state index in [2.05, 4.69) is 25.4 Å². The van der Waals surface area contributed by atoms with E-state index in [9.17, 15) is 18.0 Å². The number of nitrogens with one attached hydrogen (secondary N) is 1. The molecule has 3 aromatic rings. The van der Waals surface area contributed by atoms with Gasteiger partial charge in [0.05, 0.1) is 23.7 Å². The number of hydrogen-bond acceptors (Lipinski definition) is 7. The van der Waals surface area contributed by atoms with Crippen molar-refractivity contribution in [2.45, 2.75) is 17.9 Å². The lowest BCUT2D eigenvalue weighted by Gasteiger charge is -2.28. The summed E-state index contributed by atoms with van der Waals surface area (Å²) in [6, 6.07) is 1.34. The van der Waals surface area contributed by atoms with Gasteiger partial charge in [0.2, 0.25) is 0 Å². The predicted molar refractivity (Wildman–Crippen MR) is 115 cm³/mol. The highest BCUT2D eigenvalue weighted by Crippen LogP contribution is 2.29. The molecule has 1 aliphatic rings. The van der Waals surface area contributed by atoms with Crippen molar-refractivity contribution in [3.8, 4) is 0 Å². The van der Waals surface area contributed by atoms with Gasteiger partial charge in [0, 0.05) is 38.3 Å². The maximum atomic E-state index is 13.2. The Morgan fingerprint density at radius 1 is 1.25 bits per heavy atom. The van der Waals surface area contributed by atoms with Crippen molar-refractivity contribution in [1.29, 1.82) is 0 Å². The third kappa shape index (κ3) is 5.01. The summed E-state index contributed by atoms with van der Waals surface area (Å²) in [5.74, 6) is 0.0900. The van der Waals surface area contributed by atoms with Crippen molar-refractivity contribution in [3.63, 3.8) is 0 Å². The first kappa shape index (κ1) is 22.1. The molecule has 14 heteroatoms. The van der Waals surface area contributed by atoms with Gasteiger partial charge in [0.1, 0.15) is 33.7 Å². The molecule has 0 aromatic carbocycles. The minimum absolute atomic E-state index is 0.0459. The number of nitrogens with zero attached hydrogens (tertiary/aromatic N) is 6. The zero-order chi connectivity index (χ0) is 22.9. The second-order valence-corrected chi connectivity index (χ2v) is 8.37. The lowest BCUT2D eigenvalue weighted by atomic mass is 9.55. The Hall–Kier alpha value is -3.15. The molecule has 1 aliphatic heterocycles. The summed E-state index contributed by atoms with van der Waals surface area (Å²) in [5.41, 5.74) is 0.182.